The number of fused-ring (bicyclic) bond motifs is 3. The summed E-state index contributed by atoms with van der Waals surface area (Å²) in [4.78, 5) is 0. The van der Waals surface area contributed by atoms with E-state index in [-0.39, 0.29) is 23.2 Å². The van der Waals surface area contributed by atoms with Gasteiger partial charge in [-0.15, -0.1) is 0 Å². The topological polar surface area (TPSA) is 0 Å². The Labute approximate surface area is 260 Å². The van der Waals surface area contributed by atoms with Crippen molar-refractivity contribution >= 4 is 3.21 Å². The Morgan fingerprint density at radius 2 is 1.10 bits per heavy atom. The Balaban J connectivity index is 0.00000337. The number of hydrogen-bond acceptors (Lipinski definition) is 0. The molecule has 0 aromatic heterocycles. The number of hydrogen-bond donors (Lipinski definition) is 0. The summed E-state index contributed by atoms with van der Waals surface area (Å²) in [6.07, 6.45) is 8.23. The summed E-state index contributed by atoms with van der Waals surface area (Å²) in [5.74, 6) is 0. The summed E-state index contributed by atoms with van der Waals surface area (Å²) in [5, 5.41) is 0. The van der Waals surface area contributed by atoms with Crippen molar-refractivity contribution in [2.75, 3.05) is 0 Å². The molecule has 0 saturated heterocycles. The third-order valence-corrected chi connectivity index (χ3v) is 16.9. The van der Waals surface area contributed by atoms with Gasteiger partial charge in [-0.3, -0.25) is 0 Å². The fourth-order valence-electron chi connectivity index (χ4n) is 6.33. The molecule has 4 aromatic rings. The summed E-state index contributed by atoms with van der Waals surface area (Å²) in [7, 11) is 0. The summed E-state index contributed by atoms with van der Waals surface area (Å²) < 4.78 is 3.74. The molecule has 0 N–H and O–H groups in total. The van der Waals surface area contributed by atoms with Crippen LogP contribution in [0.3, 0.4) is 0 Å². The monoisotopic (exact) mass is 633 g/mol. The van der Waals surface area contributed by atoms with Gasteiger partial charge in [0.1, 0.15) is 0 Å². The van der Waals surface area contributed by atoms with Crippen molar-refractivity contribution in [3.05, 3.63) is 152 Å². The van der Waals surface area contributed by atoms with Gasteiger partial charge in [-0.1, -0.05) is 0 Å². The van der Waals surface area contributed by atoms with Gasteiger partial charge in [-0.05, 0) is 0 Å². The number of benzene rings is 4. The molecule has 0 radical (unpaired) electrons. The summed E-state index contributed by atoms with van der Waals surface area (Å²) in [5.41, 5.74) is 11.9. The van der Waals surface area contributed by atoms with Crippen LogP contribution >= 0.6 is 0 Å². The molecule has 0 amide bonds. The second kappa shape index (κ2) is 11.6. The van der Waals surface area contributed by atoms with Crippen molar-refractivity contribution in [3.8, 4) is 11.1 Å². The quantitative estimate of drug-likeness (QED) is 0.225. The van der Waals surface area contributed by atoms with Crippen LogP contribution in [-0.2, 0) is 32.1 Å². The first-order chi connectivity index (χ1) is 19.1. The first-order valence-electron chi connectivity index (χ1n) is 14.6. The van der Waals surface area contributed by atoms with Crippen molar-refractivity contribution < 1.29 is 33.7 Å². The number of halogens is 1. The molecular weight excluding hydrogens is 595 g/mol. The molecule has 0 aliphatic heterocycles. The average molecular weight is 635 g/mol. The predicted octanol–water partition coefficient (Wildman–Crippen LogP) is 7.09. The molecule has 0 atom stereocenters. The second-order valence-corrected chi connectivity index (χ2v) is 19.6. The van der Waals surface area contributed by atoms with Gasteiger partial charge in [0.2, 0.25) is 0 Å². The minimum absolute atomic E-state index is 0. The van der Waals surface area contributed by atoms with E-state index in [1.54, 1.807) is 17.6 Å². The summed E-state index contributed by atoms with van der Waals surface area (Å²) in [6.45, 7) is 14.1. The molecule has 0 nitrogen and oxygen atoms in total. The van der Waals surface area contributed by atoms with Gasteiger partial charge in [0, 0.05) is 0 Å². The second-order valence-electron chi connectivity index (χ2n) is 13.4. The maximum Gasteiger partial charge on any atom is -1.00 e. The van der Waals surface area contributed by atoms with E-state index in [0.717, 1.165) is 6.42 Å². The molecule has 0 fully saturated rings. The zero-order valence-corrected chi connectivity index (χ0v) is 28.3. The smallest absolute Gasteiger partial charge is 1.00 e. The van der Waals surface area contributed by atoms with Crippen LogP contribution < -0.4 is 12.4 Å². The standard InChI is InChI=1S/C21H25.C13H10.C5H5.ClH.Zr/c1-20(2,3)16-7-9-18-14(12-16)11-15-13-17(21(4,5)6)8-10-19(15)18;1-3-7-12(8-4-1)11-13-9-5-2-6-10-13;1-2-4-5-3-1;;/h7-13H,1-6H3;1-10H;1-3H,4H2;1H;/q;;;;+1/p-1. The minimum atomic E-state index is -2.66. The molecule has 0 spiro atoms. The molecule has 2 heteroatoms. The average Bonchev–Trinajstić information content (AvgIpc) is 3.58. The molecule has 2 aliphatic carbocycles. The predicted molar refractivity (Wildman–Crippen MR) is 169 cm³/mol. The van der Waals surface area contributed by atoms with E-state index in [0.29, 0.717) is 3.63 Å². The van der Waals surface area contributed by atoms with Crippen molar-refractivity contribution in [3.63, 3.8) is 0 Å². The van der Waals surface area contributed by atoms with Crippen molar-refractivity contribution in [1.29, 1.82) is 0 Å². The van der Waals surface area contributed by atoms with Crippen LogP contribution in [0.2, 0.25) is 0 Å². The maximum atomic E-state index is 2.58. The minimum Gasteiger partial charge on any atom is -1.00 e. The van der Waals surface area contributed by atoms with Gasteiger partial charge in [0.25, 0.3) is 0 Å². The molecule has 6 rings (SSSR count). The first-order valence-corrected chi connectivity index (χ1v) is 18.5. The molecule has 207 valence electrons. The zero-order chi connectivity index (χ0) is 28.1. The summed E-state index contributed by atoms with van der Waals surface area (Å²) >= 11 is -2.66. The molecule has 0 unspecified atom stereocenters. The molecule has 0 bridgehead atoms. The van der Waals surface area contributed by atoms with Crippen LogP contribution in [0.1, 0.15) is 85.0 Å². The van der Waals surface area contributed by atoms with Crippen molar-refractivity contribution in [2.24, 2.45) is 0 Å². The Bertz CT molecular complexity index is 1550. The third-order valence-electron chi connectivity index (χ3n) is 8.55. The van der Waals surface area contributed by atoms with Crippen molar-refractivity contribution in [1.82, 2.24) is 0 Å². The van der Waals surface area contributed by atoms with E-state index in [9.17, 15) is 0 Å². The maximum absolute atomic E-state index is 2.66. The zero-order valence-electron chi connectivity index (χ0n) is 25.1. The molecule has 41 heavy (non-hydrogen) atoms. The SMILES string of the molecule is CC(C)(C)c1ccc2c(c1)[CH]([Zr+]([C]1=CC=CC1)=[C](c1ccccc1)c1ccccc1)c1cc(C(C)(C)C)ccc1-2.[Cl-]. The van der Waals surface area contributed by atoms with Gasteiger partial charge in [-0.25, -0.2) is 0 Å². The summed E-state index contributed by atoms with van der Waals surface area (Å²) in [6, 6.07) is 37.3. The van der Waals surface area contributed by atoms with E-state index < -0.39 is 21.3 Å². The van der Waals surface area contributed by atoms with Crippen LogP contribution in [0, 0.1) is 0 Å². The molecule has 2 aliphatic rings. The third kappa shape index (κ3) is 5.74. The first kappa shape index (κ1) is 29.9. The Morgan fingerprint density at radius 3 is 1.49 bits per heavy atom. The van der Waals surface area contributed by atoms with E-state index in [4.69, 9.17) is 0 Å². The van der Waals surface area contributed by atoms with E-state index in [2.05, 4.69) is 157 Å². The van der Waals surface area contributed by atoms with E-state index in [1.165, 1.54) is 33.4 Å². The van der Waals surface area contributed by atoms with Crippen LogP contribution in [0.25, 0.3) is 11.1 Å². The van der Waals surface area contributed by atoms with Crippen LogP contribution in [-0.4, -0.2) is 3.21 Å². The molecular formula is C39H40ClZr. The normalized spacial score (nSPS) is 14.2. The molecule has 0 saturated carbocycles. The van der Waals surface area contributed by atoms with E-state index >= 15 is 0 Å². The Kier molecular flexibility index (Phi) is 8.44. The van der Waals surface area contributed by atoms with Gasteiger partial charge < -0.3 is 12.4 Å². The van der Waals surface area contributed by atoms with Crippen molar-refractivity contribution in [2.45, 2.75) is 62.4 Å². The van der Waals surface area contributed by atoms with E-state index in [1.807, 2.05) is 0 Å². The van der Waals surface area contributed by atoms with Gasteiger partial charge in [0.15, 0.2) is 0 Å². The number of rotatable bonds is 4. The fraction of sp³-hybridized carbons (Fsp3) is 0.256. The van der Waals surface area contributed by atoms with Gasteiger partial charge in [0.05, 0.1) is 0 Å². The molecule has 4 aromatic carbocycles. The van der Waals surface area contributed by atoms with Gasteiger partial charge in [-0.2, -0.15) is 0 Å². The largest absolute Gasteiger partial charge is 1.00 e. The van der Waals surface area contributed by atoms with Crippen LogP contribution in [0.15, 0.2) is 119 Å². The van der Waals surface area contributed by atoms with Crippen LogP contribution in [0.5, 0.6) is 0 Å². The van der Waals surface area contributed by atoms with Gasteiger partial charge >= 0.3 is 250 Å². The fourth-order valence-corrected chi connectivity index (χ4v) is 15.3. The number of allylic oxidation sites excluding steroid dienone is 4. The molecule has 0 heterocycles. The van der Waals surface area contributed by atoms with Crippen LogP contribution in [0.4, 0.5) is 0 Å². The Morgan fingerprint density at radius 1 is 0.634 bits per heavy atom. The Hall–Kier alpha value is -2.60.